The number of benzene rings is 1. The molecule has 1 heterocycles. The third-order valence-electron chi connectivity index (χ3n) is 4.99. The molecule has 6 heteroatoms. The summed E-state index contributed by atoms with van der Waals surface area (Å²) in [6.45, 7) is 10.4. The average Bonchev–Trinajstić information content (AvgIpc) is 2.96. The van der Waals surface area contributed by atoms with Crippen LogP contribution in [-0.4, -0.2) is 42.4 Å². The molecule has 0 radical (unpaired) electrons. The van der Waals surface area contributed by atoms with Gasteiger partial charge < -0.3 is 15.5 Å². The Bertz CT molecular complexity index is 781. The summed E-state index contributed by atoms with van der Waals surface area (Å²) in [6, 6.07) is 8.63. The zero-order chi connectivity index (χ0) is 20.8. The highest BCUT2D eigenvalue weighted by Crippen LogP contribution is 2.35. The van der Waals surface area contributed by atoms with Crippen molar-refractivity contribution in [2.24, 2.45) is 5.92 Å². The van der Waals surface area contributed by atoms with Crippen LogP contribution in [0.4, 0.5) is 5.69 Å². The van der Waals surface area contributed by atoms with E-state index in [1.165, 1.54) is 4.90 Å². The second kappa shape index (κ2) is 9.52. The van der Waals surface area contributed by atoms with Gasteiger partial charge in [-0.2, -0.15) is 5.26 Å². The smallest absolute Gasteiger partial charge is 0.240 e. The quantitative estimate of drug-likeness (QED) is 0.643. The first-order valence-electron chi connectivity index (χ1n) is 9.68. The van der Waals surface area contributed by atoms with Crippen molar-refractivity contribution < 1.29 is 9.59 Å². The first-order chi connectivity index (χ1) is 13.2. The number of nitriles is 1. The number of nitrogens with zero attached hydrogens (tertiary/aromatic N) is 2. The molecular formula is C22H30N4O2. The lowest BCUT2D eigenvalue weighted by atomic mass is 9.92. The molecule has 1 aromatic carbocycles. The summed E-state index contributed by atoms with van der Waals surface area (Å²) in [6.07, 6.45) is 0.942. The molecule has 2 N–H and O–H groups in total. The summed E-state index contributed by atoms with van der Waals surface area (Å²) in [5, 5.41) is 15.8. The van der Waals surface area contributed by atoms with Gasteiger partial charge in [0.25, 0.3) is 0 Å². The SMILES string of the molecule is C=C(C)CN[C@@H](CC(C)C)C(=O)N(C)[C@H](C#N)C[C@H]1C(=O)Nc2ccccc21. The minimum Gasteiger partial charge on any atom is -0.328 e. The summed E-state index contributed by atoms with van der Waals surface area (Å²) in [4.78, 5) is 26.9. The molecule has 1 aliphatic rings. The molecule has 28 heavy (non-hydrogen) atoms. The van der Waals surface area contributed by atoms with Gasteiger partial charge in [0, 0.05) is 19.3 Å². The molecule has 0 unspecified atom stereocenters. The number of rotatable bonds is 9. The number of fused-ring (bicyclic) bond motifs is 1. The topological polar surface area (TPSA) is 85.2 Å². The Kier molecular flexibility index (Phi) is 7.36. The molecule has 0 aliphatic carbocycles. The molecule has 1 aromatic rings. The minimum atomic E-state index is -0.685. The highest BCUT2D eigenvalue weighted by Gasteiger charge is 2.35. The van der Waals surface area contributed by atoms with E-state index in [1.54, 1.807) is 7.05 Å². The van der Waals surface area contributed by atoms with E-state index >= 15 is 0 Å². The standard InChI is InChI=1S/C22H30N4O2/c1-14(2)10-20(24-13-15(3)4)22(28)26(5)16(12-23)11-18-17-8-6-7-9-19(17)25-21(18)27/h6-9,14,16,18,20,24H,3,10-11,13H2,1-2,4-5H3,(H,25,27)/t16-,18+,20-/m0/s1. The van der Waals surface area contributed by atoms with Crippen LogP contribution in [0, 0.1) is 17.2 Å². The van der Waals surface area contributed by atoms with Gasteiger partial charge in [0.2, 0.25) is 11.8 Å². The molecule has 0 spiro atoms. The van der Waals surface area contributed by atoms with E-state index in [-0.39, 0.29) is 24.3 Å². The van der Waals surface area contributed by atoms with Crippen molar-refractivity contribution in [3.8, 4) is 6.07 Å². The molecule has 2 rings (SSSR count). The van der Waals surface area contributed by atoms with Gasteiger partial charge in [0.05, 0.1) is 18.0 Å². The molecule has 0 bridgehead atoms. The average molecular weight is 383 g/mol. The molecule has 0 saturated heterocycles. The Morgan fingerprint density at radius 2 is 2.07 bits per heavy atom. The Labute approximate surface area is 167 Å². The maximum atomic E-state index is 13.1. The Morgan fingerprint density at radius 1 is 1.39 bits per heavy atom. The molecule has 0 saturated carbocycles. The van der Waals surface area contributed by atoms with Crippen LogP contribution in [-0.2, 0) is 9.59 Å². The first-order valence-corrected chi connectivity index (χ1v) is 9.68. The number of para-hydroxylation sites is 1. The lowest BCUT2D eigenvalue weighted by molar-refractivity contribution is -0.134. The number of carbonyl (C=O) groups is 2. The van der Waals surface area contributed by atoms with E-state index in [1.807, 2.05) is 31.2 Å². The fourth-order valence-corrected chi connectivity index (χ4v) is 3.47. The lowest BCUT2D eigenvalue weighted by Gasteiger charge is -2.30. The molecule has 6 nitrogen and oxygen atoms in total. The maximum Gasteiger partial charge on any atom is 0.240 e. The Morgan fingerprint density at radius 3 is 2.68 bits per heavy atom. The van der Waals surface area contributed by atoms with Crippen molar-refractivity contribution in [3.63, 3.8) is 0 Å². The van der Waals surface area contributed by atoms with E-state index in [4.69, 9.17) is 0 Å². The van der Waals surface area contributed by atoms with Crippen molar-refractivity contribution in [1.29, 1.82) is 5.26 Å². The van der Waals surface area contributed by atoms with Gasteiger partial charge in [-0.05, 0) is 37.3 Å². The number of likely N-dealkylation sites (N-methyl/N-ethyl adjacent to an activating group) is 1. The molecule has 0 aromatic heterocycles. The summed E-state index contributed by atoms with van der Waals surface area (Å²) in [5.74, 6) is -0.356. The normalized spacial score (nSPS) is 17.4. The van der Waals surface area contributed by atoms with Crippen LogP contribution >= 0.6 is 0 Å². The molecular weight excluding hydrogens is 352 g/mol. The lowest BCUT2D eigenvalue weighted by Crippen LogP contribution is -2.49. The van der Waals surface area contributed by atoms with E-state index in [2.05, 4.69) is 37.1 Å². The summed E-state index contributed by atoms with van der Waals surface area (Å²) < 4.78 is 0. The van der Waals surface area contributed by atoms with Crippen LogP contribution in [0.5, 0.6) is 0 Å². The number of hydrogen-bond donors (Lipinski definition) is 2. The predicted molar refractivity (Wildman–Crippen MR) is 111 cm³/mol. The second-order valence-corrected chi connectivity index (χ2v) is 7.98. The van der Waals surface area contributed by atoms with Crippen molar-refractivity contribution in [2.45, 2.75) is 51.6 Å². The van der Waals surface area contributed by atoms with Gasteiger partial charge in [0.1, 0.15) is 6.04 Å². The van der Waals surface area contributed by atoms with E-state index in [0.29, 0.717) is 18.9 Å². The summed E-state index contributed by atoms with van der Waals surface area (Å²) in [7, 11) is 1.64. The highest BCUT2D eigenvalue weighted by molar-refractivity contribution is 6.02. The van der Waals surface area contributed by atoms with Crippen LogP contribution in [0.1, 0.15) is 45.1 Å². The van der Waals surface area contributed by atoms with Crippen LogP contribution in [0.15, 0.2) is 36.4 Å². The van der Waals surface area contributed by atoms with Crippen LogP contribution < -0.4 is 10.6 Å². The van der Waals surface area contributed by atoms with Crippen molar-refractivity contribution in [1.82, 2.24) is 10.2 Å². The van der Waals surface area contributed by atoms with Crippen molar-refractivity contribution in [3.05, 3.63) is 42.0 Å². The van der Waals surface area contributed by atoms with Crippen molar-refractivity contribution >= 4 is 17.5 Å². The number of amides is 2. The molecule has 2 amide bonds. The minimum absolute atomic E-state index is 0.124. The van der Waals surface area contributed by atoms with Gasteiger partial charge in [-0.1, -0.05) is 44.2 Å². The fraction of sp³-hybridized carbons (Fsp3) is 0.500. The molecule has 0 fully saturated rings. The second-order valence-electron chi connectivity index (χ2n) is 7.98. The van der Waals surface area contributed by atoms with Crippen molar-refractivity contribution in [2.75, 3.05) is 18.9 Å². The van der Waals surface area contributed by atoms with Gasteiger partial charge in [-0.25, -0.2) is 0 Å². The van der Waals surface area contributed by atoms with Gasteiger partial charge in [-0.3, -0.25) is 9.59 Å². The highest BCUT2D eigenvalue weighted by atomic mass is 16.2. The van der Waals surface area contributed by atoms with Crippen LogP contribution in [0.3, 0.4) is 0 Å². The predicted octanol–water partition coefficient (Wildman–Crippen LogP) is 3.04. The van der Waals surface area contributed by atoms with E-state index < -0.39 is 12.0 Å². The van der Waals surface area contributed by atoms with Gasteiger partial charge in [0.15, 0.2) is 0 Å². The van der Waals surface area contributed by atoms with Gasteiger partial charge >= 0.3 is 0 Å². The number of hydrogen-bond acceptors (Lipinski definition) is 4. The zero-order valence-corrected chi connectivity index (χ0v) is 17.2. The fourth-order valence-electron chi connectivity index (χ4n) is 3.47. The molecule has 1 aliphatic heterocycles. The monoisotopic (exact) mass is 382 g/mol. The molecule has 150 valence electrons. The number of carbonyl (C=O) groups excluding carboxylic acids is 2. The van der Waals surface area contributed by atoms with Gasteiger partial charge in [-0.15, -0.1) is 0 Å². The van der Waals surface area contributed by atoms with E-state index in [9.17, 15) is 14.9 Å². The Balaban J connectivity index is 2.13. The Hall–Kier alpha value is -2.65. The number of nitrogens with one attached hydrogen (secondary N) is 2. The summed E-state index contributed by atoms with van der Waals surface area (Å²) in [5.41, 5.74) is 2.61. The first kappa shape index (κ1) is 21.6. The number of anilines is 1. The largest absolute Gasteiger partial charge is 0.328 e. The third kappa shape index (κ3) is 5.20. The molecule has 3 atom stereocenters. The third-order valence-corrected chi connectivity index (χ3v) is 4.99. The maximum absolute atomic E-state index is 13.1. The van der Waals surface area contributed by atoms with Crippen LogP contribution in [0.25, 0.3) is 0 Å². The van der Waals surface area contributed by atoms with E-state index in [0.717, 1.165) is 16.8 Å². The van der Waals surface area contributed by atoms with Crippen LogP contribution in [0.2, 0.25) is 0 Å². The summed E-state index contributed by atoms with van der Waals surface area (Å²) >= 11 is 0. The zero-order valence-electron chi connectivity index (χ0n) is 17.2.